The number of rotatable bonds is 5. The third kappa shape index (κ3) is 4.59. The van der Waals surface area contributed by atoms with Gasteiger partial charge in [-0.3, -0.25) is 9.80 Å². The summed E-state index contributed by atoms with van der Waals surface area (Å²) in [7, 11) is 0.367. The molecule has 0 N–H and O–H groups in total. The molecule has 128 valence electrons. The lowest BCUT2D eigenvalue weighted by Gasteiger charge is -2.35. The molecule has 1 heterocycles. The fourth-order valence-electron chi connectivity index (χ4n) is 2.63. The highest BCUT2D eigenvalue weighted by Crippen LogP contribution is 2.21. The van der Waals surface area contributed by atoms with Crippen LogP contribution in [0.1, 0.15) is 13.3 Å². The first kappa shape index (κ1) is 18.0. The largest absolute Gasteiger partial charge is 0.481 e. The van der Waals surface area contributed by atoms with Crippen LogP contribution in [0, 0.1) is 0 Å². The topological polar surface area (TPSA) is 66.9 Å². The Hall–Kier alpha value is -1.31. The van der Waals surface area contributed by atoms with Crippen molar-refractivity contribution in [1.82, 2.24) is 10.0 Å². The zero-order valence-electron chi connectivity index (χ0n) is 13.4. The van der Waals surface area contributed by atoms with Gasteiger partial charge in [0.2, 0.25) is 0 Å². The predicted molar refractivity (Wildman–Crippen MR) is 89.1 cm³/mol. The Labute approximate surface area is 141 Å². The van der Waals surface area contributed by atoms with E-state index in [0.29, 0.717) is 17.2 Å². The number of sulfone groups is 1. The lowest BCUT2D eigenvalue weighted by Crippen LogP contribution is -2.53. The normalized spacial score (nSPS) is 21.2. The molecule has 0 saturated carbocycles. The first-order valence-electron chi connectivity index (χ1n) is 7.32. The number of hydrazine groups is 1. The summed E-state index contributed by atoms with van der Waals surface area (Å²) >= 11 is 5.82. The molecular weight excluding hydrogens is 340 g/mol. The number of carbonyl (C=O) groups excluding carboxylic acids is 1. The highest BCUT2D eigenvalue weighted by atomic mass is 35.5. The van der Waals surface area contributed by atoms with Gasteiger partial charge in [-0.1, -0.05) is 11.6 Å². The molecule has 23 heavy (non-hydrogen) atoms. The standard InChI is InChI=1S/C15H21ClN2O4S/c1-11(22-14-6-4-12(16)5-7-14)15(19)18(17(2)3)13-8-9-23(20,21)10-13/h4-7,11,13H,8-10H2,1-3H3/t11-,13+/m1/s1. The van der Waals surface area contributed by atoms with Crippen molar-refractivity contribution in [2.45, 2.75) is 25.5 Å². The van der Waals surface area contributed by atoms with E-state index >= 15 is 0 Å². The molecule has 1 aromatic carbocycles. The summed E-state index contributed by atoms with van der Waals surface area (Å²) in [6.07, 6.45) is -0.290. The van der Waals surface area contributed by atoms with Gasteiger partial charge in [0.1, 0.15) is 5.75 Å². The molecule has 1 aromatic rings. The van der Waals surface area contributed by atoms with Crippen LogP contribution in [0.4, 0.5) is 0 Å². The van der Waals surface area contributed by atoms with E-state index in [4.69, 9.17) is 16.3 Å². The molecule has 1 aliphatic heterocycles. The van der Waals surface area contributed by atoms with Gasteiger partial charge in [0.15, 0.2) is 15.9 Å². The van der Waals surface area contributed by atoms with Gasteiger partial charge in [-0.25, -0.2) is 13.4 Å². The van der Waals surface area contributed by atoms with Crippen molar-refractivity contribution in [3.8, 4) is 5.75 Å². The number of benzene rings is 1. The second-order valence-electron chi connectivity index (χ2n) is 5.80. The van der Waals surface area contributed by atoms with Crippen molar-refractivity contribution in [3.05, 3.63) is 29.3 Å². The van der Waals surface area contributed by atoms with E-state index in [1.807, 2.05) is 0 Å². The van der Waals surface area contributed by atoms with E-state index in [-0.39, 0.29) is 23.5 Å². The smallest absolute Gasteiger partial charge is 0.277 e. The summed E-state index contributed by atoms with van der Waals surface area (Å²) in [5.74, 6) is 0.367. The van der Waals surface area contributed by atoms with E-state index in [2.05, 4.69) is 0 Å². The van der Waals surface area contributed by atoms with Crippen molar-refractivity contribution in [3.63, 3.8) is 0 Å². The predicted octanol–water partition coefficient (Wildman–Crippen LogP) is 1.60. The summed E-state index contributed by atoms with van der Waals surface area (Å²) in [5, 5.41) is 3.68. The molecule has 6 nitrogen and oxygen atoms in total. The average molecular weight is 361 g/mol. The van der Waals surface area contributed by atoms with Crippen molar-refractivity contribution >= 4 is 27.3 Å². The van der Waals surface area contributed by atoms with E-state index < -0.39 is 15.9 Å². The maximum Gasteiger partial charge on any atom is 0.277 e. The van der Waals surface area contributed by atoms with Crippen molar-refractivity contribution in [2.75, 3.05) is 25.6 Å². The fourth-order valence-corrected chi connectivity index (χ4v) is 4.44. The lowest BCUT2D eigenvalue weighted by molar-refractivity contribution is -0.156. The molecule has 0 bridgehead atoms. The molecule has 1 saturated heterocycles. The maximum absolute atomic E-state index is 12.7. The van der Waals surface area contributed by atoms with Gasteiger partial charge < -0.3 is 4.74 Å². The number of ether oxygens (including phenoxy) is 1. The summed E-state index contributed by atoms with van der Waals surface area (Å²) in [5.41, 5.74) is 0. The quantitative estimate of drug-likeness (QED) is 0.746. The van der Waals surface area contributed by atoms with Gasteiger partial charge in [0.25, 0.3) is 5.91 Å². The Bertz CT molecular complexity index is 661. The molecular formula is C15H21ClN2O4S. The number of amides is 1. The second-order valence-corrected chi connectivity index (χ2v) is 8.47. The number of nitrogens with zero attached hydrogens (tertiary/aromatic N) is 2. The molecule has 2 rings (SSSR count). The number of carbonyl (C=O) groups is 1. The van der Waals surface area contributed by atoms with Crippen LogP contribution in [-0.2, 0) is 14.6 Å². The molecule has 0 unspecified atom stereocenters. The Morgan fingerprint density at radius 2 is 1.91 bits per heavy atom. The van der Waals surface area contributed by atoms with Gasteiger partial charge in [-0.2, -0.15) is 0 Å². The minimum Gasteiger partial charge on any atom is -0.481 e. The number of hydrogen-bond donors (Lipinski definition) is 0. The van der Waals surface area contributed by atoms with Crippen LogP contribution in [-0.4, -0.2) is 62.1 Å². The molecule has 0 radical (unpaired) electrons. The van der Waals surface area contributed by atoms with Crippen molar-refractivity contribution < 1.29 is 17.9 Å². The Balaban J connectivity index is 2.09. The lowest BCUT2D eigenvalue weighted by atomic mass is 10.2. The number of hydrogen-bond acceptors (Lipinski definition) is 5. The van der Waals surface area contributed by atoms with E-state index in [9.17, 15) is 13.2 Å². The van der Waals surface area contributed by atoms with Gasteiger partial charge in [0.05, 0.1) is 17.5 Å². The van der Waals surface area contributed by atoms with E-state index in [1.54, 1.807) is 50.3 Å². The molecule has 1 aliphatic rings. The van der Waals surface area contributed by atoms with Crippen LogP contribution in [0.2, 0.25) is 5.02 Å². The van der Waals surface area contributed by atoms with Gasteiger partial charge in [-0.15, -0.1) is 0 Å². The van der Waals surface area contributed by atoms with Crippen LogP contribution in [0.15, 0.2) is 24.3 Å². The molecule has 1 amide bonds. The Morgan fingerprint density at radius 1 is 1.30 bits per heavy atom. The first-order valence-corrected chi connectivity index (χ1v) is 9.52. The van der Waals surface area contributed by atoms with Gasteiger partial charge in [0, 0.05) is 19.1 Å². The minimum absolute atomic E-state index is 0.00934. The highest BCUT2D eigenvalue weighted by molar-refractivity contribution is 7.91. The Kier molecular flexibility index (Phi) is 5.54. The molecule has 0 spiro atoms. The summed E-state index contributed by atoms with van der Waals surface area (Å²) < 4.78 is 29.0. The molecule has 0 aliphatic carbocycles. The van der Waals surface area contributed by atoms with Crippen LogP contribution in [0.25, 0.3) is 0 Å². The maximum atomic E-state index is 12.7. The van der Waals surface area contributed by atoms with Crippen LogP contribution in [0.3, 0.4) is 0 Å². The molecule has 0 aromatic heterocycles. The SMILES string of the molecule is C[C@@H](Oc1ccc(Cl)cc1)C(=O)N([C@H]1CCS(=O)(=O)C1)N(C)C. The third-order valence-electron chi connectivity index (χ3n) is 3.69. The van der Waals surface area contributed by atoms with Crippen LogP contribution in [0.5, 0.6) is 5.75 Å². The summed E-state index contributed by atoms with van der Waals surface area (Å²) in [6, 6.07) is 6.39. The first-order chi connectivity index (χ1) is 10.7. The van der Waals surface area contributed by atoms with Crippen molar-refractivity contribution in [2.24, 2.45) is 0 Å². The zero-order valence-corrected chi connectivity index (χ0v) is 15.0. The molecule has 2 atom stereocenters. The van der Waals surface area contributed by atoms with E-state index in [0.717, 1.165) is 0 Å². The van der Waals surface area contributed by atoms with Crippen LogP contribution >= 0.6 is 11.6 Å². The number of halogens is 1. The monoisotopic (exact) mass is 360 g/mol. The third-order valence-corrected chi connectivity index (χ3v) is 5.69. The van der Waals surface area contributed by atoms with Gasteiger partial charge in [-0.05, 0) is 37.6 Å². The second kappa shape index (κ2) is 7.07. The highest BCUT2D eigenvalue weighted by Gasteiger charge is 2.37. The fraction of sp³-hybridized carbons (Fsp3) is 0.533. The van der Waals surface area contributed by atoms with Gasteiger partial charge >= 0.3 is 0 Å². The average Bonchev–Trinajstić information content (AvgIpc) is 2.81. The molecule has 1 fully saturated rings. The Morgan fingerprint density at radius 3 is 2.39 bits per heavy atom. The molecule has 8 heteroatoms. The minimum atomic E-state index is -3.07. The zero-order chi connectivity index (χ0) is 17.2. The summed E-state index contributed by atoms with van der Waals surface area (Å²) in [4.78, 5) is 12.7. The summed E-state index contributed by atoms with van der Waals surface area (Å²) in [6.45, 7) is 1.65. The van der Waals surface area contributed by atoms with Crippen LogP contribution < -0.4 is 4.74 Å². The van der Waals surface area contributed by atoms with E-state index in [1.165, 1.54) is 5.01 Å². The van der Waals surface area contributed by atoms with Crippen molar-refractivity contribution in [1.29, 1.82) is 0 Å².